The van der Waals surface area contributed by atoms with E-state index in [1.165, 1.54) is 6.92 Å². The molecular weight excluding hydrogens is 431 g/mol. The molecule has 0 aromatic heterocycles. The average molecular weight is 453 g/mol. The van der Waals surface area contributed by atoms with Crippen molar-refractivity contribution in [2.24, 2.45) is 5.73 Å². The van der Waals surface area contributed by atoms with Crippen molar-refractivity contribution in [3.05, 3.63) is 0 Å². The molecule has 1 aliphatic heterocycles. The molecule has 5 unspecified atom stereocenters. The number of rotatable bonds is 7. The summed E-state index contributed by atoms with van der Waals surface area (Å²) in [7, 11) is 0. The Bertz CT molecular complexity index is 612. The molecule has 3 N–H and O–H groups in total. The Morgan fingerprint density at radius 1 is 0.889 bits per heavy atom. The van der Waals surface area contributed by atoms with Crippen molar-refractivity contribution in [1.82, 2.24) is 0 Å². The van der Waals surface area contributed by atoms with Crippen molar-refractivity contribution in [3.63, 3.8) is 0 Å². The molecule has 1 heterocycles. The average Bonchev–Trinajstić information content (AvgIpc) is 2.49. The Labute approximate surface area is 161 Å². The molecule has 1 aliphatic rings. The number of amidine groups is 1. The van der Waals surface area contributed by atoms with Gasteiger partial charge in [0, 0.05) is 0 Å². The molecule has 1 fully saturated rings. The summed E-state index contributed by atoms with van der Waals surface area (Å²) in [6, 6.07) is 0. The molecule has 0 bridgehead atoms. The number of hydrogen-bond donors (Lipinski definition) is 2. The number of nitrogens with two attached hydrogens (primary N) is 1. The first-order chi connectivity index (χ1) is 12.5. The second-order valence-electron chi connectivity index (χ2n) is 5.55. The van der Waals surface area contributed by atoms with Crippen LogP contribution in [0.5, 0.6) is 0 Å². The molecule has 1 rings (SSSR count). The first-order valence-corrected chi connectivity index (χ1v) is 9.67. The Hall–Kier alpha value is -2.17. The van der Waals surface area contributed by atoms with Crippen LogP contribution in [0.25, 0.3) is 0 Å². The third-order valence-electron chi connectivity index (χ3n) is 3.19. The molecule has 27 heavy (non-hydrogen) atoms. The predicted octanol–water partition coefficient (Wildman–Crippen LogP) is -1.33. The van der Waals surface area contributed by atoms with Gasteiger partial charge in [0.05, 0.1) is 0 Å². The molecule has 0 aromatic carbocycles. The van der Waals surface area contributed by atoms with E-state index >= 15 is 0 Å². The van der Waals surface area contributed by atoms with Gasteiger partial charge in [-0.2, -0.15) is 0 Å². The number of carbonyl (C=O) groups excluding carboxylic acids is 4. The fourth-order valence-electron chi connectivity index (χ4n) is 2.41. The summed E-state index contributed by atoms with van der Waals surface area (Å²) in [6.07, 6.45) is -4.60. The van der Waals surface area contributed by atoms with Gasteiger partial charge in [0.1, 0.15) is 0 Å². The minimum atomic E-state index is -1.23. The Kier molecular flexibility index (Phi) is 8.67. The van der Waals surface area contributed by atoms with E-state index < -0.39 is 68.3 Å². The van der Waals surface area contributed by atoms with E-state index in [-0.39, 0.29) is 11.3 Å². The molecule has 0 amide bonds. The molecule has 0 aliphatic carbocycles. The fraction of sp³-hybridized carbons (Fsp3) is 0.667. The van der Waals surface area contributed by atoms with Crippen molar-refractivity contribution in [2.45, 2.75) is 57.1 Å². The molecule has 11 nitrogen and oxygen atoms in total. The molecular formula is C15H22N2O9Se. The molecule has 152 valence electrons. The van der Waals surface area contributed by atoms with Crippen LogP contribution in [0.4, 0.5) is 0 Å². The van der Waals surface area contributed by atoms with E-state index in [9.17, 15) is 19.2 Å². The van der Waals surface area contributed by atoms with Crippen LogP contribution in [0.15, 0.2) is 0 Å². The SMILES string of the molecule is CC(=O)OCC1OC([Se]C(=N)N)C(OC(C)=O)C(OC(C)=O)C1OC(C)=O. The molecule has 0 radical (unpaired) electrons. The quantitative estimate of drug-likeness (QED) is 0.155. The van der Waals surface area contributed by atoms with E-state index in [1.807, 2.05) is 0 Å². The maximum atomic E-state index is 11.6. The zero-order valence-corrected chi connectivity index (χ0v) is 17.0. The van der Waals surface area contributed by atoms with E-state index in [1.54, 1.807) is 0 Å². The van der Waals surface area contributed by atoms with Gasteiger partial charge in [0.2, 0.25) is 0 Å². The van der Waals surface area contributed by atoms with Crippen LogP contribution in [0.1, 0.15) is 27.7 Å². The van der Waals surface area contributed by atoms with Gasteiger partial charge in [0.15, 0.2) is 0 Å². The first kappa shape index (κ1) is 22.9. The van der Waals surface area contributed by atoms with E-state index in [0.29, 0.717) is 0 Å². The number of esters is 4. The molecule has 0 aromatic rings. The zero-order chi connectivity index (χ0) is 20.7. The summed E-state index contributed by atoms with van der Waals surface area (Å²) in [6.45, 7) is 4.31. The molecule has 0 spiro atoms. The summed E-state index contributed by atoms with van der Waals surface area (Å²) >= 11 is -0.797. The maximum absolute atomic E-state index is 11.6. The second kappa shape index (κ2) is 10.2. The standard InChI is InChI=1S/C15H22N2O9Se/c1-6(18)22-5-10-11(23-7(2)19)12(24-8(3)20)13(25-9(4)21)14(26-10)27-15(16)17/h10-14H,5H2,1-4H3,(H3,16,17). The molecule has 1 saturated heterocycles. The number of ether oxygens (including phenoxy) is 5. The van der Waals surface area contributed by atoms with Crippen LogP contribution < -0.4 is 5.73 Å². The van der Waals surface area contributed by atoms with Crippen molar-refractivity contribution in [1.29, 1.82) is 5.41 Å². The van der Waals surface area contributed by atoms with Crippen LogP contribution >= 0.6 is 0 Å². The van der Waals surface area contributed by atoms with Crippen molar-refractivity contribution in [2.75, 3.05) is 6.61 Å². The zero-order valence-electron chi connectivity index (χ0n) is 15.3. The number of hydrogen-bond acceptors (Lipinski definition) is 10. The van der Waals surface area contributed by atoms with Gasteiger partial charge >= 0.3 is 161 Å². The second-order valence-corrected chi connectivity index (χ2v) is 7.94. The van der Waals surface area contributed by atoms with E-state index in [0.717, 1.165) is 20.8 Å². The Morgan fingerprint density at radius 2 is 1.37 bits per heavy atom. The van der Waals surface area contributed by atoms with Crippen LogP contribution in [-0.4, -0.2) is 79.6 Å². The monoisotopic (exact) mass is 454 g/mol. The van der Waals surface area contributed by atoms with E-state index in [2.05, 4.69) is 0 Å². The first-order valence-electron chi connectivity index (χ1n) is 7.82. The molecule has 5 atom stereocenters. The van der Waals surface area contributed by atoms with Gasteiger partial charge < -0.3 is 0 Å². The number of nitrogens with one attached hydrogen (secondary N) is 1. The van der Waals surface area contributed by atoms with Crippen LogP contribution in [0.3, 0.4) is 0 Å². The van der Waals surface area contributed by atoms with Crippen LogP contribution in [0, 0.1) is 5.41 Å². The fourth-order valence-corrected chi connectivity index (χ4v) is 4.07. The summed E-state index contributed by atoms with van der Waals surface area (Å²) in [5, 5.41) is 6.60. The molecule has 0 saturated carbocycles. The Morgan fingerprint density at radius 3 is 1.81 bits per heavy atom. The minimum absolute atomic E-state index is 0.205. The van der Waals surface area contributed by atoms with Crippen molar-refractivity contribution >= 4 is 43.6 Å². The van der Waals surface area contributed by atoms with Crippen LogP contribution in [0.2, 0.25) is 0 Å². The van der Waals surface area contributed by atoms with Gasteiger partial charge in [-0.15, -0.1) is 0 Å². The summed E-state index contributed by atoms with van der Waals surface area (Å²) < 4.78 is 26.2. The van der Waals surface area contributed by atoms with Crippen molar-refractivity contribution in [3.8, 4) is 0 Å². The van der Waals surface area contributed by atoms with Gasteiger partial charge in [-0.05, 0) is 0 Å². The van der Waals surface area contributed by atoms with Gasteiger partial charge in [-0.3, -0.25) is 0 Å². The third-order valence-corrected chi connectivity index (χ3v) is 5.01. The normalized spacial score (nSPS) is 27.2. The Balaban J connectivity index is 3.29. The van der Waals surface area contributed by atoms with E-state index in [4.69, 9.17) is 34.8 Å². The summed E-state index contributed by atoms with van der Waals surface area (Å²) in [4.78, 5) is 45.8. The summed E-state index contributed by atoms with van der Waals surface area (Å²) in [5.41, 5.74) is 5.46. The van der Waals surface area contributed by atoms with Gasteiger partial charge in [0.25, 0.3) is 0 Å². The topological polar surface area (TPSA) is 164 Å². The predicted molar refractivity (Wildman–Crippen MR) is 89.6 cm³/mol. The van der Waals surface area contributed by atoms with Crippen LogP contribution in [-0.2, 0) is 42.9 Å². The van der Waals surface area contributed by atoms with Gasteiger partial charge in [-0.1, -0.05) is 0 Å². The number of carbonyl (C=O) groups is 4. The van der Waals surface area contributed by atoms with Crippen molar-refractivity contribution < 1.29 is 42.9 Å². The summed E-state index contributed by atoms with van der Waals surface area (Å²) in [5.74, 6) is -2.70. The third kappa shape index (κ3) is 7.53. The molecule has 12 heteroatoms. The van der Waals surface area contributed by atoms with Gasteiger partial charge in [-0.25, -0.2) is 0 Å².